The molecule has 0 saturated carbocycles. The quantitative estimate of drug-likeness (QED) is 0.524. The first-order chi connectivity index (χ1) is 16.2. The number of benzene rings is 1. The highest BCUT2D eigenvalue weighted by molar-refractivity contribution is 7.92. The van der Waals surface area contributed by atoms with Gasteiger partial charge >= 0.3 is 6.03 Å². The van der Waals surface area contributed by atoms with Crippen molar-refractivity contribution < 1.29 is 18.9 Å². The molecular weight excluding hydrogens is 474 g/mol. The second-order valence-corrected chi connectivity index (χ2v) is 11.7. The summed E-state index contributed by atoms with van der Waals surface area (Å²) in [5.74, 6) is 0.329. The van der Waals surface area contributed by atoms with Crippen LogP contribution in [0, 0.1) is 0 Å². The largest absolute Gasteiger partial charge is 0.616 e. The molecule has 1 fully saturated rings. The number of carbonyl (C=O) groups is 3. The molecule has 0 aliphatic carbocycles. The van der Waals surface area contributed by atoms with E-state index in [2.05, 4.69) is 20.9 Å². The number of thiophene rings is 1. The smallest absolute Gasteiger partial charge is 0.319 e. The van der Waals surface area contributed by atoms with E-state index in [1.54, 1.807) is 4.90 Å². The van der Waals surface area contributed by atoms with Gasteiger partial charge in [0.2, 0.25) is 0 Å². The SMILES string of the molecule is CCNC(=O)Nc1sc2ccccc2c1C(=O)N1CCC2(CC1)N=C(C[S+]([O-])C(C)C)NC2=O. The molecule has 2 aliphatic rings. The molecule has 1 aromatic heterocycles. The zero-order chi connectivity index (χ0) is 24.5. The van der Waals surface area contributed by atoms with Crippen LogP contribution in [0.1, 0.15) is 44.0 Å². The van der Waals surface area contributed by atoms with E-state index in [-0.39, 0.29) is 28.8 Å². The van der Waals surface area contributed by atoms with Crippen LogP contribution in [0.3, 0.4) is 0 Å². The topological polar surface area (TPSA) is 126 Å². The van der Waals surface area contributed by atoms with Crippen LogP contribution in [-0.2, 0) is 16.0 Å². The summed E-state index contributed by atoms with van der Waals surface area (Å²) in [6.07, 6.45) is 0.785. The number of amidine groups is 1. The Balaban J connectivity index is 1.52. The number of urea groups is 1. The molecule has 4 rings (SSSR count). The molecule has 1 atom stereocenters. The molecule has 182 valence electrons. The van der Waals surface area contributed by atoms with Gasteiger partial charge in [-0.15, -0.1) is 11.3 Å². The summed E-state index contributed by atoms with van der Waals surface area (Å²) in [5, 5.41) is 9.60. The summed E-state index contributed by atoms with van der Waals surface area (Å²) < 4.78 is 13.1. The first-order valence-electron chi connectivity index (χ1n) is 11.4. The van der Waals surface area contributed by atoms with Gasteiger partial charge in [-0.1, -0.05) is 18.2 Å². The molecule has 0 bridgehead atoms. The minimum absolute atomic E-state index is 0.0155. The van der Waals surface area contributed by atoms with E-state index >= 15 is 0 Å². The van der Waals surface area contributed by atoms with Gasteiger partial charge in [-0.05, 0) is 50.9 Å². The fourth-order valence-corrected chi connectivity index (χ4v) is 6.01. The summed E-state index contributed by atoms with van der Waals surface area (Å²) >= 11 is 0.260. The fourth-order valence-electron chi connectivity index (χ4n) is 4.18. The van der Waals surface area contributed by atoms with Gasteiger partial charge in [-0.2, -0.15) is 0 Å². The van der Waals surface area contributed by atoms with Gasteiger partial charge in [0.15, 0.2) is 11.6 Å². The highest BCUT2D eigenvalue weighted by Crippen LogP contribution is 2.38. The van der Waals surface area contributed by atoms with E-state index in [0.29, 0.717) is 48.9 Å². The van der Waals surface area contributed by atoms with Gasteiger partial charge in [0.1, 0.15) is 15.8 Å². The van der Waals surface area contributed by atoms with Gasteiger partial charge in [0, 0.05) is 29.7 Å². The van der Waals surface area contributed by atoms with Crippen LogP contribution < -0.4 is 16.0 Å². The number of hydrogen-bond acceptors (Lipinski definition) is 6. The van der Waals surface area contributed by atoms with Gasteiger partial charge < -0.3 is 20.1 Å². The van der Waals surface area contributed by atoms with Crippen LogP contribution in [0.2, 0.25) is 0 Å². The van der Waals surface area contributed by atoms with Crippen molar-refractivity contribution in [1.29, 1.82) is 0 Å². The minimum atomic E-state index is -1.10. The molecule has 1 saturated heterocycles. The second kappa shape index (κ2) is 9.93. The summed E-state index contributed by atoms with van der Waals surface area (Å²) in [7, 11) is 0. The lowest BCUT2D eigenvalue weighted by Gasteiger charge is -2.35. The number of nitrogens with zero attached hydrogens (tertiary/aromatic N) is 2. The van der Waals surface area contributed by atoms with Crippen LogP contribution in [0.5, 0.6) is 0 Å². The third-order valence-electron chi connectivity index (χ3n) is 6.09. The Morgan fingerprint density at radius 1 is 1.29 bits per heavy atom. The Bertz CT molecular complexity index is 1140. The monoisotopic (exact) mass is 503 g/mol. The first-order valence-corrected chi connectivity index (χ1v) is 13.6. The van der Waals surface area contributed by atoms with Crippen LogP contribution >= 0.6 is 11.3 Å². The average Bonchev–Trinajstić information content (AvgIpc) is 3.30. The average molecular weight is 504 g/mol. The van der Waals surface area contributed by atoms with E-state index < -0.39 is 16.7 Å². The normalized spacial score (nSPS) is 18.2. The number of carbonyl (C=O) groups excluding carboxylic acids is 3. The third-order valence-corrected chi connectivity index (χ3v) is 8.78. The number of piperidine rings is 1. The lowest BCUT2D eigenvalue weighted by molar-refractivity contribution is -0.125. The summed E-state index contributed by atoms with van der Waals surface area (Å²) in [6, 6.07) is 7.21. The Labute approximate surface area is 205 Å². The van der Waals surface area contributed by atoms with E-state index in [1.807, 2.05) is 45.0 Å². The van der Waals surface area contributed by atoms with Crippen LogP contribution in [0.4, 0.5) is 9.80 Å². The maximum Gasteiger partial charge on any atom is 0.319 e. The van der Waals surface area contributed by atoms with Crippen LogP contribution in [0.25, 0.3) is 10.1 Å². The molecule has 9 nitrogen and oxygen atoms in total. The molecule has 2 aromatic rings. The van der Waals surface area contributed by atoms with E-state index in [9.17, 15) is 18.9 Å². The van der Waals surface area contributed by atoms with Crippen molar-refractivity contribution in [2.75, 3.05) is 30.7 Å². The molecule has 1 spiro atoms. The van der Waals surface area contributed by atoms with Crippen molar-refractivity contribution >= 4 is 61.3 Å². The molecule has 2 aliphatic heterocycles. The molecule has 4 amide bonds. The van der Waals surface area contributed by atoms with E-state index in [4.69, 9.17) is 0 Å². The molecule has 1 unspecified atom stereocenters. The fraction of sp³-hybridized carbons (Fsp3) is 0.478. The molecule has 11 heteroatoms. The van der Waals surface area contributed by atoms with E-state index in [0.717, 1.165) is 10.1 Å². The van der Waals surface area contributed by atoms with Crippen molar-refractivity contribution in [2.45, 2.75) is 44.4 Å². The van der Waals surface area contributed by atoms with Crippen molar-refractivity contribution in [3.05, 3.63) is 29.8 Å². The van der Waals surface area contributed by atoms with Gasteiger partial charge in [-0.3, -0.25) is 19.9 Å². The summed E-state index contributed by atoms with van der Waals surface area (Å²) in [6.45, 7) is 6.77. The molecule has 3 N–H and O–H groups in total. The predicted molar refractivity (Wildman–Crippen MR) is 136 cm³/mol. The Hall–Kier alpha value is -2.63. The van der Waals surface area contributed by atoms with Gasteiger partial charge in [0.25, 0.3) is 11.8 Å². The lowest BCUT2D eigenvalue weighted by Crippen LogP contribution is -2.50. The van der Waals surface area contributed by atoms with E-state index in [1.165, 1.54) is 11.3 Å². The van der Waals surface area contributed by atoms with Crippen molar-refractivity contribution in [3.63, 3.8) is 0 Å². The predicted octanol–water partition coefficient (Wildman–Crippen LogP) is 2.70. The summed E-state index contributed by atoms with van der Waals surface area (Å²) in [5.41, 5.74) is -0.443. The molecule has 1 aromatic carbocycles. The highest BCUT2D eigenvalue weighted by atomic mass is 32.2. The zero-order valence-electron chi connectivity index (χ0n) is 19.5. The molecule has 34 heavy (non-hydrogen) atoms. The highest BCUT2D eigenvalue weighted by Gasteiger charge is 2.47. The van der Waals surface area contributed by atoms with Gasteiger partial charge in [-0.25, -0.2) is 4.79 Å². The van der Waals surface area contributed by atoms with Crippen molar-refractivity contribution in [3.8, 4) is 0 Å². The molecule has 3 heterocycles. The Morgan fingerprint density at radius 3 is 2.68 bits per heavy atom. The standard InChI is InChI=1S/C23H29N5O4S2/c1-4-24-22(31)26-19-18(15-7-5-6-8-16(15)33-19)20(29)28-11-9-23(10-12-28)21(30)25-17(27-23)13-34(32)14(2)3/h5-8,14H,4,9-13H2,1-3H3,(H2,24,26,31)(H,25,27,30). The van der Waals surface area contributed by atoms with Crippen LogP contribution in [0.15, 0.2) is 29.3 Å². The zero-order valence-corrected chi connectivity index (χ0v) is 21.1. The lowest BCUT2D eigenvalue weighted by atomic mass is 9.87. The number of likely N-dealkylation sites (tertiary alicyclic amines) is 1. The Morgan fingerprint density at radius 2 is 2.00 bits per heavy atom. The van der Waals surface area contributed by atoms with Gasteiger partial charge in [0.05, 0.1) is 5.56 Å². The van der Waals surface area contributed by atoms with Crippen molar-refractivity contribution in [2.24, 2.45) is 4.99 Å². The van der Waals surface area contributed by atoms with Crippen molar-refractivity contribution in [1.82, 2.24) is 15.5 Å². The molecule has 0 radical (unpaired) electrons. The maximum atomic E-state index is 13.6. The number of anilines is 1. The number of hydrogen-bond donors (Lipinski definition) is 3. The molecular formula is C23H29N5O4S2. The number of nitrogens with one attached hydrogen (secondary N) is 3. The Kier molecular flexibility index (Phi) is 7.15. The van der Waals surface area contributed by atoms with Crippen LogP contribution in [-0.4, -0.2) is 69.3 Å². The third kappa shape index (κ3) is 4.77. The first kappa shape index (κ1) is 24.5. The number of amides is 4. The number of rotatable bonds is 6. The maximum absolute atomic E-state index is 13.6. The second-order valence-electron chi connectivity index (χ2n) is 8.70. The number of aliphatic imine (C=N–C) groups is 1. The summed E-state index contributed by atoms with van der Waals surface area (Å²) in [4.78, 5) is 44.9. The minimum Gasteiger partial charge on any atom is -0.616 e. The number of fused-ring (bicyclic) bond motifs is 1.